The average Bonchev–Trinajstić information content (AvgIpc) is 3.07. The van der Waals surface area contributed by atoms with Gasteiger partial charge in [-0.1, -0.05) is 38.5 Å². The fourth-order valence-electron chi connectivity index (χ4n) is 4.37. The van der Waals surface area contributed by atoms with Crippen LogP contribution in [0.5, 0.6) is 0 Å². The van der Waals surface area contributed by atoms with Gasteiger partial charge in [0.25, 0.3) is 11.8 Å². The van der Waals surface area contributed by atoms with E-state index in [0.29, 0.717) is 4.90 Å². The first-order valence-electron chi connectivity index (χ1n) is 12.1. The molecule has 1 aliphatic heterocycles. The van der Waals surface area contributed by atoms with Gasteiger partial charge in [-0.25, -0.2) is 9.59 Å². The third-order valence-corrected chi connectivity index (χ3v) is 5.96. The summed E-state index contributed by atoms with van der Waals surface area (Å²) in [4.78, 5) is 45.9. The number of nitrogens with zero attached hydrogens (tertiary/aromatic N) is 1. The van der Waals surface area contributed by atoms with Crippen LogP contribution in [0.15, 0.2) is 12.2 Å². The van der Waals surface area contributed by atoms with Crippen LogP contribution in [0.3, 0.4) is 0 Å². The van der Waals surface area contributed by atoms with Gasteiger partial charge >= 0.3 is 12.1 Å². The Kier molecular flexibility index (Phi) is 10.3. The largest absolute Gasteiger partial charge is 0.480 e. The second-order valence-corrected chi connectivity index (χ2v) is 9.95. The van der Waals surface area contributed by atoms with Gasteiger partial charge in [0.15, 0.2) is 6.04 Å². The SMILES string of the molecule is C1CCC(NC2CCCCC2)CC1.CC(C)(C)OC(=O)NC[C@H](C(=O)O)N1C(=O)C=CC1=O. The highest BCUT2D eigenvalue weighted by Crippen LogP contribution is 2.22. The van der Waals surface area contributed by atoms with Crippen molar-refractivity contribution in [3.8, 4) is 0 Å². The monoisotopic (exact) mass is 465 g/mol. The van der Waals surface area contributed by atoms with Gasteiger partial charge in [0.2, 0.25) is 0 Å². The summed E-state index contributed by atoms with van der Waals surface area (Å²) in [5.74, 6) is -2.85. The number of carboxylic acid groups (broad SMARTS) is 1. The van der Waals surface area contributed by atoms with Crippen LogP contribution in [-0.4, -0.2) is 64.2 Å². The van der Waals surface area contributed by atoms with Crippen molar-refractivity contribution in [2.45, 2.75) is 109 Å². The molecule has 3 N–H and O–H groups in total. The van der Waals surface area contributed by atoms with Crippen LogP contribution in [-0.2, 0) is 19.1 Å². The van der Waals surface area contributed by atoms with Crippen molar-refractivity contribution >= 4 is 23.9 Å². The molecule has 2 aliphatic carbocycles. The van der Waals surface area contributed by atoms with E-state index in [1.54, 1.807) is 20.8 Å². The highest BCUT2D eigenvalue weighted by molar-refractivity contribution is 6.14. The van der Waals surface area contributed by atoms with Gasteiger partial charge in [0.1, 0.15) is 5.60 Å². The fraction of sp³-hybridized carbons (Fsp3) is 0.750. The van der Waals surface area contributed by atoms with E-state index in [-0.39, 0.29) is 0 Å². The summed E-state index contributed by atoms with van der Waals surface area (Å²) in [5.41, 5.74) is -0.732. The minimum Gasteiger partial charge on any atom is -0.480 e. The van der Waals surface area contributed by atoms with Gasteiger partial charge < -0.3 is 20.5 Å². The van der Waals surface area contributed by atoms with Crippen molar-refractivity contribution in [2.24, 2.45) is 0 Å². The molecule has 0 aromatic heterocycles. The molecule has 9 heteroatoms. The van der Waals surface area contributed by atoms with E-state index in [0.717, 1.165) is 24.2 Å². The van der Waals surface area contributed by atoms with Crippen LogP contribution >= 0.6 is 0 Å². The van der Waals surface area contributed by atoms with Crippen LogP contribution in [0.2, 0.25) is 0 Å². The molecule has 3 amide bonds. The molecule has 0 spiro atoms. The zero-order valence-electron chi connectivity index (χ0n) is 20.1. The molecule has 2 saturated carbocycles. The van der Waals surface area contributed by atoms with E-state index in [2.05, 4.69) is 10.6 Å². The maximum absolute atomic E-state index is 11.4. The van der Waals surface area contributed by atoms with E-state index in [1.165, 1.54) is 64.2 Å². The predicted octanol–water partition coefficient (Wildman–Crippen LogP) is 3.13. The van der Waals surface area contributed by atoms with Crippen molar-refractivity contribution in [1.82, 2.24) is 15.5 Å². The Balaban J connectivity index is 0.000000254. The predicted molar refractivity (Wildman–Crippen MR) is 124 cm³/mol. The summed E-state index contributed by atoms with van der Waals surface area (Å²) in [5, 5.41) is 15.1. The Bertz CT molecular complexity index is 684. The van der Waals surface area contributed by atoms with Crippen LogP contribution in [0.25, 0.3) is 0 Å². The van der Waals surface area contributed by atoms with Gasteiger partial charge in [-0.15, -0.1) is 0 Å². The summed E-state index contributed by atoms with van der Waals surface area (Å²) in [7, 11) is 0. The lowest BCUT2D eigenvalue weighted by atomic mass is 9.91. The molecule has 2 fully saturated rings. The Hall–Kier alpha value is -2.42. The maximum atomic E-state index is 11.4. The van der Waals surface area contributed by atoms with Crippen LogP contribution in [0, 0.1) is 0 Å². The molecule has 9 nitrogen and oxygen atoms in total. The first-order chi connectivity index (χ1) is 15.6. The van der Waals surface area contributed by atoms with Crippen molar-refractivity contribution in [3.63, 3.8) is 0 Å². The number of imide groups is 1. The molecule has 0 aromatic carbocycles. The number of carbonyl (C=O) groups is 4. The van der Waals surface area contributed by atoms with Gasteiger partial charge in [-0.3, -0.25) is 14.5 Å². The molecular weight excluding hydrogens is 426 g/mol. The molecule has 0 radical (unpaired) electrons. The maximum Gasteiger partial charge on any atom is 0.407 e. The number of amides is 3. The Morgan fingerprint density at radius 3 is 1.82 bits per heavy atom. The summed E-state index contributed by atoms with van der Waals surface area (Å²) < 4.78 is 4.94. The number of carbonyl (C=O) groups excluding carboxylic acids is 3. The fourth-order valence-corrected chi connectivity index (χ4v) is 4.37. The third kappa shape index (κ3) is 9.53. The molecule has 1 heterocycles. The van der Waals surface area contributed by atoms with Crippen LogP contribution in [0.1, 0.15) is 85.0 Å². The zero-order chi connectivity index (χ0) is 24.4. The number of alkyl carbamates (subject to hydrolysis) is 1. The molecule has 0 aromatic rings. The first kappa shape index (κ1) is 26.8. The Morgan fingerprint density at radius 2 is 1.42 bits per heavy atom. The van der Waals surface area contributed by atoms with Crippen molar-refractivity contribution in [2.75, 3.05) is 6.54 Å². The third-order valence-electron chi connectivity index (χ3n) is 5.96. The molecule has 0 saturated heterocycles. The standard InChI is InChI=1S/C12H16N2O6.C12H23N/c1-12(2,3)20-11(19)13-6-7(10(17)18)14-8(15)4-5-9(14)16;1-3-7-11(8-4-1)13-12-9-5-2-6-10-12/h4-5,7H,6H2,1-3H3,(H,13,19)(H,17,18);11-13H,1-10H2/t7-;/m1./s1. The molecule has 3 rings (SSSR count). The molecule has 0 unspecified atom stereocenters. The molecule has 0 bridgehead atoms. The number of aliphatic carboxylic acids is 1. The van der Waals surface area contributed by atoms with E-state index >= 15 is 0 Å². The van der Waals surface area contributed by atoms with E-state index in [9.17, 15) is 19.2 Å². The van der Waals surface area contributed by atoms with E-state index in [1.807, 2.05) is 0 Å². The lowest BCUT2D eigenvalue weighted by molar-refractivity contribution is -0.153. The number of ether oxygens (including phenoxy) is 1. The normalized spacial score (nSPS) is 20.8. The number of nitrogens with one attached hydrogen (secondary N) is 2. The molecule has 1 atom stereocenters. The highest BCUT2D eigenvalue weighted by Gasteiger charge is 2.36. The molecule has 186 valence electrons. The summed E-state index contributed by atoms with van der Waals surface area (Å²) in [6.45, 7) is 4.53. The van der Waals surface area contributed by atoms with Gasteiger partial charge in [-0.2, -0.15) is 0 Å². The highest BCUT2D eigenvalue weighted by atomic mass is 16.6. The molecular formula is C24H39N3O6. The Morgan fingerprint density at radius 1 is 0.970 bits per heavy atom. The van der Waals surface area contributed by atoms with Crippen molar-refractivity contribution < 1.29 is 29.0 Å². The lowest BCUT2D eigenvalue weighted by Gasteiger charge is -2.30. The minimum atomic E-state index is -1.47. The summed E-state index contributed by atoms with van der Waals surface area (Å²) >= 11 is 0. The average molecular weight is 466 g/mol. The van der Waals surface area contributed by atoms with E-state index < -0.39 is 42.1 Å². The van der Waals surface area contributed by atoms with E-state index in [4.69, 9.17) is 9.84 Å². The number of hydrogen-bond acceptors (Lipinski definition) is 6. The summed E-state index contributed by atoms with van der Waals surface area (Å²) in [6, 6.07) is 0.270. The minimum absolute atomic E-state index is 0.427. The quantitative estimate of drug-likeness (QED) is 0.515. The van der Waals surface area contributed by atoms with Crippen LogP contribution < -0.4 is 10.6 Å². The molecule has 33 heavy (non-hydrogen) atoms. The topological polar surface area (TPSA) is 125 Å². The number of rotatable bonds is 6. The smallest absolute Gasteiger partial charge is 0.407 e. The molecule has 3 aliphatic rings. The second kappa shape index (κ2) is 12.7. The van der Waals surface area contributed by atoms with Gasteiger partial charge in [0.05, 0.1) is 6.54 Å². The van der Waals surface area contributed by atoms with Gasteiger partial charge in [-0.05, 0) is 46.5 Å². The first-order valence-corrected chi connectivity index (χ1v) is 12.1. The Labute approximate surface area is 196 Å². The number of hydrogen-bond donors (Lipinski definition) is 3. The zero-order valence-corrected chi connectivity index (χ0v) is 20.1. The van der Waals surface area contributed by atoms with Crippen LogP contribution in [0.4, 0.5) is 4.79 Å². The lowest BCUT2D eigenvalue weighted by Crippen LogP contribution is -2.51. The van der Waals surface area contributed by atoms with Crippen molar-refractivity contribution in [3.05, 3.63) is 12.2 Å². The number of carboxylic acids is 1. The van der Waals surface area contributed by atoms with Gasteiger partial charge in [0, 0.05) is 24.2 Å². The summed E-state index contributed by atoms with van der Waals surface area (Å²) in [6.07, 6.45) is 15.7. The second-order valence-electron chi connectivity index (χ2n) is 9.95. The van der Waals surface area contributed by atoms with Crippen molar-refractivity contribution in [1.29, 1.82) is 0 Å².